The summed E-state index contributed by atoms with van der Waals surface area (Å²) in [6, 6.07) is 5.19. The predicted molar refractivity (Wildman–Crippen MR) is 131 cm³/mol. The first-order chi connectivity index (χ1) is 17.6. The SMILES string of the molecule is Cc1nccnc1N1CCC(c2nnc3n2-c2ccc(Cl)cc2CN(C2CC(O)(C(F)(F)F)C2)C3)CC1. The Morgan fingerprint density at radius 2 is 1.78 bits per heavy atom. The van der Waals surface area contributed by atoms with Gasteiger partial charge in [0.1, 0.15) is 11.6 Å². The Bertz CT molecular complexity index is 1320. The fraction of sp³-hybridized carbons (Fsp3) is 0.520. The van der Waals surface area contributed by atoms with Gasteiger partial charge >= 0.3 is 6.18 Å². The molecule has 196 valence electrons. The second kappa shape index (κ2) is 8.92. The lowest BCUT2D eigenvalue weighted by Gasteiger charge is -2.48. The van der Waals surface area contributed by atoms with E-state index in [1.54, 1.807) is 12.4 Å². The first kappa shape index (κ1) is 24.6. The zero-order valence-electron chi connectivity index (χ0n) is 20.3. The van der Waals surface area contributed by atoms with Crippen LogP contribution in [0, 0.1) is 6.92 Å². The molecule has 0 amide bonds. The number of piperidine rings is 1. The Balaban J connectivity index is 1.27. The van der Waals surface area contributed by atoms with E-state index in [9.17, 15) is 18.3 Å². The molecule has 1 aliphatic carbocycles. The van der Waals surface area contributed by atoms with Gasteiger partial charge in [0, 0.05) is 61.9 Å². The van der Waals surface area contributed by atoms with Crippen LogP contribution in [0.5, 0.6) is 0 Å². The Kier molecular flexibility index (Phi) is 5.92. The molecule has 2 aliphatic heterocycles. The number of anilines is 1. The standard InChI is InChI=1S/C25H27ClF3N7O/c1-15-22(31-7-6-30-15)34-8-4-16(5-9-34)23-33-32-21-14-35(19-11-24(37,12-19)25(27,28)29)13-17-10-18(26)2-3-20(17)36(21)23/h2-3,6-7,10,16,19,37H,4-5,8-9,11-14H2,1H3. The summed E-state index contributed by atoms with van der Waals surface area (Å²) in [6.07, 6.45) is -0.219. The van der Waals surface area contributed by atoms with E-state index in [-0.39, 0.29) is 18.8 Å². The van der Waals surface area contributed by atoms with Gasteiger partial charge in [0.25, 0.3) is 0 Å². The minimum Gasteiger partial charge on any atom is -0.380 e. The lowest BCUT2D eigenvalue weighted by atomic mass is 9.74. The number of aliphatic hydroxyl groups is 1. The van der Waals surface area contributed by atoms with Gasteiger partial charge in [0.2, 0.25) is 0 Å². The van der Waals surface area contributed by atoms with E-state index in [1.165, 1.54) is 0 Å². The molecule has 3 aliphatic rings. The molecule has 2 aromatic heterocycles. The van der Waals surface area contributed by atoms with Crippen LogP contribution < -0.4 is 4.90 Å². The highest BCUT2D eigenvalue weighted by Crippen LogP contribution is 2.48. The molecule has 0 atom stereocenters. The van der Waals surface area contributed by atoms with Crippen LogP contribution in [0.25, 0.3) is 5.69 Å². The molecule has 1 saturated heterocycles. The molecule has 0 unspecified atom stereocenters. The number of benzene rings is 1. The maximum atomic E-state index is 13.3. The van der Waals surface area contributed by atoms with Crippen LogP contribution >= 0.6 is 11.6 Å². The Hall–Kier alpha value is -2.76. The van der Waals surface area contributed by atoms with Crippen molar-refractivity contribution in [1.82, 2.24) is 29.6 Å². The second-order valence-electron chi connectivity index (χ2n) is 10.3. The van der Waals surface area contributed by atoms with E-state index in [1.807, 2.05) is 30.0 Å². The molecule has 1 aromatic carbocycles. The minimum absolute atomic E-state index is 0.170. The first-order valence-corrected chi connectivity index (χ1v) is 12.8. The average Bonchev–Trinajstić information content (AvgIpc) is 3.17. The van der Waals surface area contributed by atoms with Crippen molar-refractivity contribution in [2.24, 2.45) is 0 Å². The van der Waals surface area contributed by atoms with Crippen molar-refractivity contribution in [2.45, 2.75) is 69.4 Å². The molecule has 6 rings (SSSR count). The Morgan fingerprint density at radius 3 is 2.49 bits per heavy atom. The van der Waals surface area contributed by atoms with Crippen molar-refractivity contribution < 1.29 is 18.3 Å². The number of aromatic nitrogens is 5. The molecule has 37 heavy (non-hydrogen) atoms. The molecule has 1 saturated carbocycles. The van der Waals surface area contributed by atoms with Gasteiger partial charge < -0.3 is 10.0 Å². The number of aryl methyl sites for hydroxylation is 1. The number of alkyl halides is 3. The lowest BCUT2D eigenvalue weighted by molar-refractivity contribution is -0.300. The molecule has 0 bridgehead atoms. The summed E-state index contributed by atoms with van der Waals surface area (Å²) in [5.74, 6) is 2.61. The smallest absolute Gasteiger partial charge is 0.380 e. The number of fused-ring (bicyclic) bond motifs is 3. The van der Waals surface area contributed by atoms with Crippen molar-refractivity contribution in [3.63, 3.8) is 0 Å². The topological polar surface area (TPSA) is 83.2 Å². The molecule has 2 fully saturated rings. The second-order valence-corrected chi connectivity index (χ2v) is 10.7. The molecule has 4 heterocycles. The average molecular weight is 534 g/mol. The third-order valence-corrected chi connectivity index (χ3v) is 8.20. The van der Waals surface area contributed by atoms with E-state index < -0.39 is 17.8 Å². The van der Waals surface area contributed by atoms with Gasteiger partial charge in [-0.3, -0.25) is 14.5 Å². The third-order valence-electron chi connectivity index (χ3n) is 7.96. The van der Waals surface area contributed by atoms with Gasteiger partial charge in [-0.15, -0.1) is 10.2 Å². The highest BCUT2D eigenvalue weighted by Gasteiger charge is 2.62. The Labute approximate surface area is 217 Å². The lowest BCUT2D eigenvalue weighted by Crippen LogP contribution is -2.61. The normalized spacial score (nSPS) is 24.8. The summed E-state index contributed by atoms with van der Waals surface area (Å²) in [4.78, 5) is 13.0. The van der Waals surface area contributed by atoms with E-state index in [4.69, 9.17) is 11.6 Å². The Morgan fingerprint density at radius 1 is 1.05 bits per heavy atom. The van der Waals surface area contributed by atoms with Crippen LogP contribution in [0.2, 0.25) is 5.02 Å². The highest BCUT2D eigenvalue weighted by molar-refractivity contribution is 6.30. The molecular weight excluding hydrogens is 507 g/mol. The van der Waals surface area contributed by atoms with E-state index >= 15 is 0 Å². The van der Waals surface area contributed by atoms with Crippen molar-refractivity contribution >= 4 is 17.4 Å². The van der Waals surface area contributed by atoms with Crippen LogP contribution in [0.4, 0.5) is 19.0 Å². The van der Waals surface area contributed by atoms with E-state index in [0.29, 0.717) is 23.9 Å². The molecule has 3 aromatic rings. The number of rotatable bonds is 3. The van der Waals surface area contributed by atoms with Crippen molar-refractivity contribution in [3.05, 3.63) is 58.5 Å². The van der Waals surface area contributed by atoms with Gasteiger partial charge in [0.05, 0.1) is 17.9 Å². The fourth-order valence-electron chi connectivity index (χ4n) is 5.84. The number of nitrogens with zero attached hydrogens (tertiary/aromatic N) is 7. The van der Waals surface area contributed by atoms with Gasteiger partial charge in [-0.25, -0.2) is 4.98 Å². The highest BCUT2D eigenvalue weighted by atomic mass is 35.5. The summed E-state index contributed by atoms with van der Waals surface area (Å²) < 4.78 is 41.9. The van der Waals surface area contributed by atoms with Crippen LogP contribution in [0.15, 0.2) is 30.6 Å². The summed E-state index contributed by atoms with van der Waals surface area (Å²) in [7, 11) is 0. The maximum absolute atomic E-state index is 13.3. The molecule has 12 heteroatoms. The minimum atomic E-state index is -4.64. The third kappa shape index (κ3) is 4.26. The molecule has 0 radical (unpaired) electrons. The van der Waals surface area contributed by atoms with Crippen molar-refractivity contribution in [3.8, 4) is 5.69 Å². The zero-order valence-corrected chi connectivity index (χ0v) is 21.0. The quantitative estimate of drug-likeness (QED) is 0.541. The van der Waals surface area contributed by atoms with Crippen molar-refractivity contribution in [2.75, 3.05) is 18.0 Å². The summed E-state index contributed by atoms with van der Waals surface area (Å²) in [6.45, 7) is 4.34. The number of hydrogen-bond acceptors (Lipinski definition) is 7. The van der Waals surface area contributed by atoms with Crippen molar-refractivity contribution in [1.29, 1.82) is 0 Å². The molecule has 0 spiro atoms. The largest absolute Gasteiger partial charge is 0.417 e. The van der Waals surface area contributed by atoms with Crippen LogP contribution in [-0.4, -0.2) is 65.6 Å². The predicted octanol–water partition coefficient (Wildman–Crippen LogP) is 4.17. The molecule has 8 nitrogen and oxygen atoms in total. The summed E-state index contributed by atoms with van der Waals surface area (Å²) in [5, 5.41) is 19.7. The van der Waals surface area contributed by atoms with Gasteiger partial charge in [-0.2, -0.15) is 13.2 Å². The number of halogens is 4. The molecular formula is C25H27ClF3N7O. The van der Waals surface area contributed by atoms with Crippen LogP contribution in [0.1, 0.15) is 54.5 Å². The van der Waals surface area contributed by atoms with E-state index in [2.05, 4.69) is 29.6 Å². The molecule has 1 N–H and O–H groups in total. The first-order valence-electron chi connectivity index (χ1n) is 12.4. The fourth-order valence-corrected chi connectivity index (χ4v) is 6.04. The van der Waals surface area contributed by atoms with E-state index in [0.717, 1.165) is 54.5 Å². The van der Waals surface area contributed by atoms with Gasteiger partial charge in [-0.05, 0) is 43.5 Å². The zero-order chi connectivity index (χ0) is 25.9. The number of hydrogen-bond donors (Lipinski definition) is 1. The summed E-state index contributed by atoms with van der Waals surface area (Å²) in [5.41, 5.74) is 0.0774. The van der Waals surface area contributed by atoms with Crippen LogP contribution in [0.3, 0.4) is 0 Å². The van der Waals surface area contributed by atoms with Gasteiger partial charge in [0.15, 0.2) is 11.4 Å². The summed E-state index contributed by atoms with van der Waals surface area (Å²) >= 11 is 6.32. The monoisotopic (exact) mass is 533 g/mol. The van der Waals surface area contributed by atoms with Gasteiger partial charge in [-0.1, -0.05) is 11.6 Å². The van der Waals surface area contributed by atoms with Crippen LogP contribution in [-0.2, 0) is 13.1 Å². The maximum Gasteiger partial charge on any atom is 0.417 e.